The van der Waals surface area contributed by atoms with Crippen molar-refractivity contribution >= 4 is 40.8 Å². The molecule has 0 saturated heterocycles. The number of guanidine groups is 1. The van der Waals surface area contributed by atoms with Crippen LogP contribution in [0.25, 0.3) is 0 Å². The van der Waals surface area contributed by atoms with Crippen LogP contribution < -0.4 is 5.32 Å². The monoisotopic (exact) mass is 334 g/mol. The molecule has 2 heterocycles. The normalized spacial score (nSPS) is 13.9. The third-order valence-corrected chi connectivity index (χ3v) is 4.01. The average Bonchev–Trinajstić information content (AvgIpc) is 3.00. The summed E-state index contributed by atoms with van der Waals surface area (Å²) in [7, 11) is 0. The zero-order chi connectivity index (χ0) is 15.5. The summed E-state index contributed by atoms with van der Waals surface area (Å²) in [6, 6.07) is 8.70. The van der Waals surface area contributed by atoms with Crippen LogP contribution in [0.4, 0.5) is 5.69 Å². The number of amides is 1. The number of hydrogen-bond donors (Lipinski definition) is 1. The van der Waals surface area contributed by atoms with E-state index in [0.29, 0.717) is 40.3 Å². The van der Waals surface area contributed by atoms with Crippen LogP contribution in [-0.2, 0) is 0 Å². The molecule has 0 saturated carbocycles. The molecule has 0 radical (unpaired) electrons. The number of carbonyl (C=O) groups is 1. The largest absolute Gasteiger partial charge is 0.324 e. The maximum atomic E-state index is 12.5. The van der Waals surface area contributed by atoms with Crippen LogP contribution in [0.3, 0.4) is 0 Å². The van der Waals surface area contributed by atoms with E-state index in [0.717, 1.165) is 0 Å². The van der Waals surface area contributed by atoms with E-state index >= 15 is 0 Å². The van der Waals surface area contributed by atoms with Gasteiger partial charge in [-0.3, -0.25) is 19.7 Å². The number of rotatable bonds is 2. The fraction of sp³-hybridized carbons (Fsp3) is 0.133. The van der Waals surface area contributed by atoms with Crippen molar-refractivity contribution < 1.29 is 4.79 Å². The van der Waals surface area contributed by atoms with Gasteiger partial charge < -0.3 is 5.32 Å². The Morgan fingerprint density at radius 1 is 1.23 bits per heavy atom. The minimum absolute atomic E-state index is 0.157. The molecule has 1 N–H and O–H groups in total. The molecule has 1 aromatic heterocycles. The first-order valence-corrected chi connectivity index (χ1v) is 7.40. The first-order chi connectivity index (χ1) is 10.7. The van der Waals surface area contributed by atoms with E-state index in [1.54, 1.807) is 41.4 Å². The van der Waals surface area contributed by atoms with E-state index in [1.807, 2.05) is 0 Å². The molecule has 112 valence electrons. The van der Waals surface area contributed by atoms with E-state index in [1.165, 1.54) is 6.20 Å². The van der Waals surface area contributed by atoms with Crippen LogP contribution in [-0.4, -0.2) is 34.8 Å². The van der Waals surface area contributed by atoms with Crippen LogP contribution >= 0.6 is 23.2 Å². The van der Waals surface area contributed by atoms with Gasteiger partial charge in [0.15, 0.2) is 0 Å². The number of benzene rings is 1. The van der Waals surface area contributed by atoms with E-state index < -0.39 is 0 Å². The second-order valence-electron chi connectivity index (χ2n) is 4.63. The van der Waals surface area contributed by atoms with Crippen LogP contribution in [0.1, 0.15) is 10.4 Å². The third kappa shape index (κ3) is 2.91. The molecule has 1 aliphatic rings. The smallest absolute Gasteiger partial charge is 0.262 e. The van der Waals surface area contributed by atoms with Gasteiger partial charge in [-0.25, -0.2) is 0 Å². The molecule has 0 aliphatic carbocycles. The molecular formula is C15H12Cl2N4O. The summed E-state index contributed by atoms with van der Waals surface area (Å²) in [5, 5.41) is 3.91. The molecule has 22 heavy (non-hydrogen) atoms. The van der Waals surface area contributed by atoms with Crippen molar-refractivity contribution in [3.05, 3.63) is 58.3 Å². The zero-order valence-electron chi connectivity index (χ0n) is 11.5. The SMILES string of the molecule is O=C(c1cccnc1)N1CCN=C1Nc1cccc(Cl)c1Cl. The molecule has 1 aliphatic heterocycles. The number of aliphatic imine (C=N–C) groups is 1. The second kappa shape index (κ2) is 6.34. The lowest BCUT2D eigenvalue weighted by Crippen LogP contribution is -2.38. The first-order valence-electron chi connectivity index (χ1n) is 6.64. The number of nitrogens with zero attached hydrogens (tertiary/aromatic N) is 3. The van der Waals surface area contributed by atoms with Crippen molar-refractivity contribution in [1.29, 1.82) is 0 Å². The standard InChI is InChI=1S/C15H12Cl2N4O/c16-11-4-1-5-12(13(11)17)20-15-19-7-8-21(15)14(22)10-3-2-6-18-9-10/h1-6,9H,7-8H2,(H,19,20). The van der Waals surface area contributed by atoms with Crippen LogP contribution in [0.15, 0.2) is 47.7 Å². The van der Waals surface area contributed by atoms with Gasteiger partial charge in [-0.1, -0.05) is 29.3 Å². The quantitative estimate of drug-likeness (QED) is 0.916. The Morgan fingerprint density at radius 3 is 2.86 bits per heavy atom. The molecule has 0 atom stereocenters. The van der Waals surface area contributed by atoms with E-state index in [-0.39, 0.29) is 5.91 Å². The minimum atomic E-state index is -0.157. The van der Waals surface area contributed by atoms with Crippen molar-refractivity contribution in [2.75, 3.05) is 18.4 Å². The van der Waals surface area contributed by atoms with Gasteiger partial charge in [0.2, 0.25) is 5.96 Å². The van der Waals surface area contributed by atoms with Gasteiger partial charge in [-0.15, -0.1) is 0 Å². The molecule has 5 nitrogen and oxygen atoms in total. The predicted octanol–water partition coefficient (Wildman–Crippen LogP) is 3.31. The first kappa shape index (κ1) is 14.8. The lowest BCUT2D eigenvalue weighted by Gasteiger charge is -2.19. The Balaban J connectivity index is 1.82. The Labute approximate surface area is 137 Å². The van der Waals surface area contributed by atoms with Crippen LogP contribution in [0.5, 0.6) is 0 Å². The fourth-order valence-corrected chi connectivity index (χ4v) is 2.47. The summed E-state index contributed by atoms with van der Waals surface area (Å²) in [6.07, 6.45) is 3.16. The van der Waals surface area contributed by atoms with Gasteiger partial charge in [0, 0.05) is 18.9 Å². The number of carbonyl (C=O) groups excluding carboxylic acids is 1. The molecule has 7 heteroatoms. The van der Waals surface area contributed by atoms with E-state index in [9.17, 15) is 4.79 Å². The molecule has 1 amide bonds. The number of nitrogens with one attached hydrogen (secondary N) is 1. The van der Waals surface area contributed by atoms with Crippen molar-refractivity contribution in [2.45, 2.75) is 0 Å². The molecule has 0 unspecified atom stereocenters. The summed E-state index contributed by atoms with van der Waals surface area (Å²) in [5.41, 5.74) is 1.12. The van der Waals surface area contributed by atoms with Gasteiger partial charge in [-0.05, 0) is 24.3 Å². The molecule has 0 fully saturated rings. The predicted molar refractivity (Wildman–Crippen MR) is 87.7 cm³/mol. The summed E-state index contributed by atoms with van der Waals surface area (Å²) in [4.78, 5) is 22.4. The topological polar surface area (TPSA) is 57.6 Å². The number of halogens is 2. The number of anilines is 1. The summed E-state index contributed by atoms with van der Waals surface area (Å²) in [6.45, 7) is 1.04. The van der Waals surface area contributed by atoms with Crippen molar-refractivity contribution in [1.82, 2.24) is 9.88 Å². The molecule has 2 aromatic rings. The minimum Gasteiger partial charge on any atom is -0.324 e. The van der Waals surface area contributed by atoms with Gasteiger partial charge in [-0.2, -0.15) is 0 Å². The highest BCUT2D eigenvalue weighted by molar-refractivity contribution is 6.44. The van der Waals surface area contributed by atoms with Gasteiger partial charge >= 0.3 is 0 Å². The maximum absolute atomic E-state index is 12.5. The highest BCUT2D eigenvalue weighted by Crippen LogP contribution is 2.30. The van der Waals surface area contributed by atoms with Crippen LogP contribution in [0.2, 0.25) is 10.0 Å². The molecule has 1 aromatic carbocycles. The number of pyridine rings is 1. The Morgan fingerprint density at radius 2 is 2.09 bits per heavy atom. The maximum Gasteiger partial charge on any atom is 0.262 e. The fourth-order valence-electron chi connectivity index (χ4n) is 2.12. The van der Waals surface area contributed by atoms with Crippen molar-refractivity contribution in [2.24, 2.45) is 4.99 Å². The molecule has 0 bridgehead atoms. The highest BCUT2D eigenvalue weighted by Gasteiger charge is 2.25. The number of aromatic nitrogens is 1. The Hall–Kier alpha value is -2.11. The highest BCUT2D eigenvalue weighted by atomic mass is 35.5. The van der Waals surface area contributed by atoms with E-state index in [2.05, 4.69) is 15.3 Å². The van der Waals surface area contributed by atoms with Gasteiger partial charge in [0.25, 0.3) is 5.91 Å². The lowest BCUT2D eigenvalue weighted by atomic mass is 10.2. The summed E-state index contributed by atoms with van der Waals surface area (Å²) < 4.78 is 0. The summed E-state index contributed by atoms with van der Waals surface area (Å²) in [5.74, 6) is 0.299. The van der Waals surface area contributed by atoms with Crippen molar-refractivity contribution in [3.63, 3.8) is 0 Å². The van der Waals surface area contributed by atoms with Gasteiger partial charge in [0.05, 0.1) is 27.8 Å². The average molecular weight is 335 g/mol. The second-order valence-corrected chi connectivity index (χ2v) is 5.42. The number of hydrogen-bond acceptors (Lipinski definition) is 4. The zero-order valence-corrected chi connectivity index (χ0v) is 13.0. The van der Waals surface area contributed by atoms with Gasteiger partial charge in [0.1, 0.15) is 0 Å². The third-order valence-electron chi connectivity index (χ3n) is 3.19. The van der Waals surface area contributed by atoms with Crippen molar-refractivity contribution in [3.8, 4) is 0 Å². The summed E-state index contributed by atoms with van der Waals surface area (Å²) >= 11 is 12.1. The Bertz CT molecular complexity index is 734. The molecule has 3 rings (SSSR count). The van der Waals surface area contributed by atoms with E-state index in [4.69, 9.17) is 23.2 Å². The molecular weight excluding hydrogens is 323 g/mol. The molecule has 0 spiro atoms. The van der Waals surface area contributed by atoms with Crippen LogP contribution in [0, 0.1) is 0 Å². The lowest BCUT2D eigenvalue weighted by molar-refractivity contribution is 0.0857. The Kier molecular flexibility index (Phi) is 4.27.